The van der Waals surface area contributed by atoms with Gasteiger partial charge in [-0.2, -0.15) is 0 Å². The maximum Gasteiger partial charge on any atom is 0.338 e. The summed E-state index contributed by atoms with van der Waals surface area (Å²) in [5.41, 5.74) is -2.04. The number of ether oxygens (including phenoxy) is 3. The summed E-state index contributed by atoms with van der Waals surface area (Å²) in [5, 5.41) is 45.3. The molecule has 3 aromatic rings. The highest BCUT2D eigenvalue weighted by molar-refractivity contribution is 6.33. The molecule has 0 amide bonds. The van der Waals surface area contributed by atoms with Crippen LogP contribution >= 0.6 is 0 Å². The molecule has 2 heterocycles. The third-order valence-corrected chi connectivity index (χ3v) is 8.68. The lowest BCUT2D eigenvalue weighted by atomic mass is 9.73. The van der Waals surface area contributed by atoms with Gasteiger partial charge in [0.1, 0.15) is 35.1 Å². The normalized spacial score (nSPS) is 28.2. The van der Waals surface area contributed by atoms with Gasteiger partial charge in [-0.3, -0.25) is 9.59 Å². The number of likely N-dealkylation sites (N-methyl/N-ethyl adjacent to an activating group) is 1. The minimum atomic E-state index is -1.75. The first kappa shape index (κ1) is 27.2. The number of aryl methyl sites for hydroxylation is 1. The van der Waals surface area contributed by atoms with Crippen LogP contribution in [0.2, 0.25) is 0 Å². The molecule has 6 rings (SSSR count). The highest BCUT2D eigenvalue weighted by Crippen LogP contribution is 2.56. The Morgan fingerprint density at radius 3 is 2.29 bits per heavy atom. The smallest absolute Gasteiger partial charge is 0.338 e. The van der Waals surface area contributed by atoms with Crippen LogP contribution < -0.4 is 4.74 Å². The third-order valence-electron chi connectivity index (χ3n) is 8.68. The summed E-state index contributed by atoms with van der Waals surface area (Å²) in [6, 6.07) is 4.82. The van der Waals surface area contributed by atoms with E-state index in [1.165, 1.54) is 32.2 Å². The van der Waals surface area contributed by atoms with E-state index < -0.39 is 64.2 Å². The first-order valence-corrected chi connectivity index (χ1v) is 13.0. The van der Waals surface area contributed by atoms with E-state index in [4.69, 9.17) is 14.2 Å². The molecule has 1 fully saturated rings. The Labute approximate surface area is 234 Å². The van der Waals surface area contributed by atoms with Gasteiger partial charge in [-0.1, -0.05) is 12.1 Å². The van der Waals surface area contributed by atoms with Crippen LogP contribution in [0.4, 0.5) is 0 Å². The Balaban J connectivity index is 1.65. The molecular formula is C30H29NO10. The van der Waals surface area contributed by atoms with Crippen molar-refractivity contribution in [1.29, 1.82) is 0 Å². The Morgan fingerprint density at radius 1 is 0.976 bits per heavy atom. The first-order valence-electron chi connectivity index (χ1n) is 13.0. The average Bonchev–Trinajstić information content (AvgIpc) is 2.90. The van der Waals surface area contributed by atoms with Crippen molar-refractivity contribution in [1.82, 2.24) is 4.90 Å². The number of aliphatic hydroxyl groups is 2. The van der Waals surface area contributed by atoms with E-state index in [-0.39, 0.29) is 44.3 Å². The van der Waals surface area contributed by atoms with E-state index in [1.54, 1.807) is 38.9 Å². The molecule has 2 bridgehead atoms. The van der Waals surface area contributed by atoms with Gasteiger partial charge in [-0.25, -0.2) is 4.79 Å². The van der Waals surface area contributed by atoms with Crippen LogP contribution in [-0.4, -0.2) is 88.1 Å². The second-order valence-corrected chi connectivity index (χ2v) is 11.3. The number of hydrogen-bond donors (Lipinski definition) is 4. The number of esters is 1. The maximum atomic E-state index is 14.2. The monoisotopic (exact) mass is 563 g/mol. The van der Waals surface area contributed by atoms with Crippen molar-refractivity contribution in [2.24, 2.45) is 0 Å². The van der Waals surface area contributed by atoms with Crippen LogP contribution in [0.3, 0.4) is 0 Å². The molecule has 0 spiro atoms. The Bertz CT molecular complexity index is 1730. The zero-order valence-corrected chi connectivity index (χ0v) is 23.2. The van der Waals surface area contributed by atoms with Crippen LogP contribution in [0.25, 0.3) is 10.8 Å². The number of hydrogen-bond acceptors (Lipinski definition) is 11. The fraction of sp³-hybridized carbons (Fsp3) is 0.367. The maximum absolute atomic E-state index is 14.2. The molecule has 3 aromatic carbocycles. The number of methoxy groups -OCH3 is 1. The zero-order chi connectivity index (χ0) is 29.9. The lowest BCUT2D eigenvalue weighted by molar-refractivity contribution is -0.363. The molecular weight excluding hydrogens is 534 g/mol. The number of phenolic OH excluding ortho intramolecular Hbond substituents is 2. The summed E-state index contributed by atoms with van der Waals surface area (Å²) in [5.74, 6) is -5.27. The van der Waals surface area contributed by atoms with Crippen LogP contribution in [0.5, 0.6) is 17.2 Å². The molecule has 11 nitrogen and oxygen atoms in total. The summed E-state index contributed by atoms with van der Waals surface area (Å²) in [6.45, 7) is 4.69. The number of fused-ring (bicyclic) bond motifs is 8. The molecule has 0 aromatic heterocycles. The van der Waals surface area contributed by atoms with E-state index in [1.807, 2.05) is 0 Å². The number of aromatic hydroxyl groups is 2. The van der Waals surface area contributed by atoms with Crippen molar-refractivity contribution in [2.75, 3.05) is 21.2 Å². The summed E-state index contributed by atoms with van der Waals surface area (Å²) < 4.78 is 17.2. The molecule has 2 aliphatic heterocycles. The molecule has 5 atom stereocenters. The SMILES string of the molecule is COC(=O)c1c(C)ccc2c(O)c3c(cc12)C(=O)c1c2c(cc(O)c1C3=O)[C@@]1(C)O[C@@](C)(O2)[C@H](O)[C@@H](N(C)C)[C@@H]1O. The predicted octanol–water partition coefficient (Wildman–Crippen LogP) is 2.13. The van der Waals surface area contributed by atoms with Gasteiger partial charge in [-0.15, -0.1) is 0 Å². The van der Waals surface area contributed by atoms with Crippen molar-refractivity contribution < 1.29 is 49.0 Å². The number of carbonyl (C=O) groups excluding carboxylic acids is 3. The van der Waals surface area contributed by atoms with Crippen LogP contribution in [-0.2, 0) is 15.1 Å². The Kier molecular flexibility index (Phi) is 5.62. The van der Waals surface area contributed by atoms with Crippen molar-refractivity contribution in [3.63, 3.8) is 0 Å². The van der Waals surface area contributed by atoms with Crippen LogP contribution in [0.15, 0.2) is 24.3 Å². The molecule has 0 radical (unpaired) electrons. The van der Waals surface area contributed by atoms with E-state index in [0.29, 0.717) is 5.56 Å². The molecule has 4 N–H and O–H groups in total. The van der Waals surface area contributed by atoms with Crippen molar-refractivity contribution in [3.8, 4) is 17.2 Å². The van der Waals surface area contributed by atoms with Crippen molar-refractivity contribution in [2.45, 2.75) is 50.4 Å². The summed E-state index contributed by atoms with van der Waals surface area (Å²) in [6.07, 6.45) is -2.71. The fourth-order valence-corrected chi connectivity index (χ4v) is 6.59. The van der Waals surface area contributed by atoms with Gasteiger partial charge < -0.3 is 39.5 Å². The first-order chi connectivity index (χ1) is 19.2. The van der Waals surface area contributed by atoms with E-state index in [9.17, 15) is 34.8 Å². The lowest BCUT2D eigenvalue weighted by Crippen LogP contribution is -2.73. The van der Waals surface area contributed by atoms with Gasteiger partial charge in [-0.05, 0) is 45.6 Å². The number of ketones is 2. The number of nitrogens with zero attached hydrogens (tertiary/aromatic N) is 1. The summed E-state index contributed by atoms with van der Waals surface area (Å²) in [4.78, 5) is 42.4. The molecule has 1 aliphatic carbocycles. The molecule has 11 heteroatoms. The summed E-state index contributed by atoms with van der Waals surface area (Å²) >= 11 is 0. The fourth-order valence-electron chi connectivity index (χ4n) is 6.59. The summed E-state index contributed by atoms with van der Waals surface area (Å²) in [7, 11) is 4.56. The second-order valence-electron chi connectivity index (χ2n) is 11.3. The van der Waals surface area contributed by atoms with Crippen LogP contribution in [0.1, 0.15) is 67.2 Å². The lowest BCUT2D eigenvalue weighted by Gasteiger charge is -2.58. The quantitative estimate of drug-likeness (QED) is 0.264. The number of phenols is 2. The van der Waals surface area contributed by atoms with Gasteiger partial charge in [0.2, 0.25) is 11.6 Å². The molecule has 1 saturated heterocycles. The highest BCUT2D eigenvalue weighted by atomic mass is 16.7. The van der Waals surface area contributed by atoms with Gasteiger partial charge in [0.05, 0.1) is 35.4 Å². The minimum Gasteiger partial charge on any atom is -0.507 e. The zero-order valence-electron chi connectivity index (χ0n) is 23.2. The van der Waals surface area contributed by atoms with Gasteiger partial charge in [0.15, 0.2) is 5.78 Å². The minimum absolute atomic E-state index is 0.109. The third kappa shape index (κ3) is 3.31. The Morgan fingerprint density at radius 2 is 1.66 bits per heavy atom. The molecule has 41 heavy (non-hydrogen) atoms. The number of carbonyl (C=O) groups is 3. The molecule has 214 valence electrons. The van der Waals surface area contributed by atoms with Gasteiger partial charge in [0, 0.05) is 28.8 Å². The van der Waals surface area contributed by atoms with E-state index in [2.05, 4.69) is 0 Å². The van der Waals surface area contributed by atoms with E-state index >= 15 is 0 Å². The molecule has 0 unspecified atom stereocenters. The Hall–Kier alpha value is -4.03. The molecule has 0 saturated carbocycles. The van der Waals surface area contributed by atoms with Gasteiger partial charge >= 0.3 is 5.97 Å². The second kappa shape index (κ2) is 8.49. The average molecular weight is 564 g/mol. The van der Waals surface area contributed by atoms with Crippen molar-refractivity contribution >= 4 is 28.3 Å². The number of rotatable bonds is 2. The number of benzene rings is 3. The largest absolute Gasteiger partial charge is 0.507 e. The van der Waals surface area contributed by atoms with Crippen molar-refractivity contribution in [3.05, 3.63) is 63.2 Å². The van der Waals surface area contributed by atoms with Gasteiger partial charge in [0.25, 0.3) is 0 Å². The molecule has 3 aliphatic rings. The highest BCUT2D eigenvalue weighted by Gasteiger charge is 2.64. The van der Waals surface area contributed by atoms with Crippen LogP contribution in [0, 0.1) is 6.92 Å². The topological polar surface area (TPSA) is 163 Å². The number of aliphatic hydroxyl groups excluding tert-OH is 2. The predicted molar refractivity (Wildman–Crippen MR) is 144 cm³/mol. The standard InChI is InChI=1S/C30H29NO10/c1-11-7-8-12-13(17(11)28(38)39-6)9-14-18(22(12)33)24(35)19-16(32)10-15-25(20(19)23(14)34)40-30(3)27(37)21(31(4)5)26(36)29(15,2)41-30/h7-10,21,26-27,32-33,36-37H,1-6H3/t21-,26-,27+,29+,30+/m0/s1. The van der Waals surface area contributed by atoms with E-state index in [0.717, 1.165) is 0 Å².